The summed E-state index contributed by atoms with van der Waals surface area (Å²) in [7, 11) is 1.78. The van der Waals surface area contributed by atoms with E-state index in [1.54, 1.807) is 7.05 Å². The summed E-state index contributed by atoms with van der Waals surface area (Å²) in [6, 6.07) is 20.6. The molecular formula is C32H37F3N4O2. The van der Waals surface area contributed by atoms with Gasteiger partial charge in [0, 0.05) is 19.3 Å². The molecule has 0 aromatic heterocycles. The van der Waals surface area contributed by atoms with Gasteiger partial charge in [-0.05, 0) is 73.3 Å². The third-order valence-electron chi connectivity index (χ3n) is 7.86. The molecule has 3 N–H and O–H groups in total. The minimum atomic E-state index is -4.51. The summed E-state index contributed by atoms with van der Waals surface area (Å²) in [6.45, 7) is 4.84. The molecule has 1 aliphatic rings. The van der Waals surface area contributed by atoms with Crippen LogP contribution in [0.4, 0.5) is 18.9 Å². The van der Waals surface area contributed by atoms with Gasteiger partial charge in [0.15, 0.2) is 0 Å². The molecule has 0 aliphatic heterocycles. The van der Waals surface area contributed by atoms with Crippen LogP contribution in [0.3, 0.4) is 0 Å². The maximum atomic E-state index is 13.7. The fourth-order valence-electron chi connectivity index (χ4n) is 5.81. The van der Waals surface area contributed by atoms with Gasteiger partial charge in [-0.2, -0.15) is 13.2 Å². The first-order chi connectivity index (χ1) is 19.6. The number of anilines is 1. The van der Waals surface area contributed by atoms with Crippen molar-refractivity contribution in [3.05, 3.63) is 89.0 Å². The summed E-state index contributed by atoms with van der Waals surface area (Å²) in [5.41, 5.74) is 4.22. The van der Waals surface area contributed by atoms with Gasteiger partial charge in [0.2, 0.25) is 5.91 Å². The molecule has 41 heavy (non-hydrogen) atoms. The minimum Gasteiger partial charge on any atom is -0.387 e. The second kappa shape index (κ2) is 12.8. The Balaban J connectivity index is 1.48. The molecule has 0 fully saturated rings. The second-order valence-corrected chi connectivity index (χ2v) is 10.3. The van der Waals surface area contributed by atoms with E-state index in [1.165, 1.54) is 0 Å². The Bertz CT molecular complexity index is 1340. The van der Waals surface area contributed by atoms with Gasteiger partial charge >= 0.3 is 6.18 Å². The van der Waals surface area contributed by atoms with Gasteiger partial charge in [-0.1, -0.05) is 67.6 Å². The Labute approximate surface area is 239 Å². The topological polar surface area (TPSA) is 73.5 Å². The van der Waals surface area contributed by atoms with Crippen molar-refractivity contribution in [2.24, 2.45) is 0 Å². The summed E-state index contributed by atoms with van der Waals surface area (Å²) in [4.78, 5) is 28.7. The third-order valence-corrected chi connectivity index (χ3v) is 7.86. The lowest BCUT2D eigenvalue weighted by Crippen LogP contribution is -2.48. The molecule has 6 nitrogen and oxygen atoms in total. The number of halogens is 3. The Morgan fingerprint density at radius 2 is 1.51 bits per heavy atom. The van der Waals surface area contributed by atoms with Crippen LogP contribution in [0.2, 0.25) is 0 Å². The number of nitrogens with one attached hydrogen (secondary N) is 3. The standard InChI is InChI=1S/C32H37F3N4O2/c1-4-39(19-10-18-37-29(40)28-22(2)11-9-16-27(28)36-3)20-17-31(30(41)38-21-32(33,34)35)25-14-7-5-12-23(25)24-13-6-8-15-26(24)31/h5-9,11-16,36H,4,10,17-21H2,1-3H3,(H,37,40)(H,38,41). The van der Waals surface area contributed by atoms with E-state index in [4.69, 9.17) is 0 Å². The fraction of sp³-hybridized carbons (Fsp3) is 0.375. The van der Waals surface area contributed by atoms with Gasteiger partial charge in [0.05, 0.1) is 5.56 Å². The minimum absolute atomic E-state index is 0.144. The molecule has 3 aromatic rings. The van der Waals surface area contributed by atoms with E-state index in [2.05, 4.69) is 20.9 Å². The van der Waals surface area contributed by atoms with Crippen molar-refractivity contribution in [1.29, 1.82) is 0 Å². The van der Waals surface area contributed by atoms with Crippen molar-refractivity contribution in [2.45, 2.75) is 38.3 Å². The predicted molar refractivity (Wildman–Crippen MR) is 156 cm³/mol. The van der Waals surface area contributed by atoms with Gasteiger partial charge in [-0.15, -0.1) is 0 Å². The lowest BCUT2D eigenvalue weighted by molar-refractivity contribution is -0.141. The zero-order chi connectivity index (χ0) is 29.6. The lowest BCUT2D eigenvalue weighted by atomic mass is 9.74. The maximum absolute atomic E-state index is 13.7. The monoisotopic (exact) mass is 566 g/mol. The Hall–Kier alpha value is -3.85. The molecule has 4 rings (SSSR count). The predicted octanol–water partition coefficient (Wildman–Crippen LogP) is 5.51. The maximum Gasteiger partial charge on any atom is 0.405 e. The molecule has 0 saturated carbocycles. The highest BCUT2D eigenvalue weighted by Gasteiger charge is 2.49. The summed E-state index contributed by atoms with van der Waals surface area (Å²) in [5, 5.41) is 8.24. The van der Waals surface area contributed by atoms with E-state index in [-0.39, 0.29) is 5.91 Å². The van der Waals surface area contributed by atoms with Gasteiger partial charge < -0.3 is 20.9 Å². The van der Waals surface area contributed by atoms with Crippen LogP contribution in [0, 0.1) is 6.92 Å². The SMILES string of the molecule is CCN(CCCNC(=O)c1c(C)cccc1NC)CCC1(C(=O)NCC(F)(F)F)c2ccccc2-c2ccccc21. The van der Waals surface area contributed by atoms with E-state index >= 15 is 0 Å². The highest BCUT2D eigenvalue weighted by atomic mass is 19.4. The molecule has 3 aromatic carbocycles. The smallest absolute Gasteiger partial charge is 0.387 e. The average molecular weight is 567 g/mol. The van der Waals surface area contributed by atoms with E-state index in [0.717, 1.165) is 33.5 Å². The zero-order valence-electron chi connectivity index (χ0n) is 23.7. The summed E-state index contributed by atoms with van der Waals surface area (Å²) < 4.78 is 39.4. The molecule has 218 valence electrons. The molecule has 0 spiro atoms. The molecule has 0 heterocycles. The third kappa shape index (κ3) is 6.40. The molecule has 0 unspecified atom stereocenters. The van der Waals surface area contributed by atoms with Crippen LogP contribution in [-0.4, -0.2) is 62.7 Å². The molecule has 2 amide bonds. The van der Waals surface area contributed by atoms with Gasteiger partial charge in [0.1, 0.15) is 12.0 Å². The van der Waals surface area contributed by atoms with Crippen LogP contribution in [0.25, 0.3) is 11.1 Å². The first-order valence-corrected chi connectivity index (χ1v) is 13.9. The molecule has 9 heteroatoms. The summed E-state index contributed by atoms with van der Waals surface area (Å²) in [5.74, 6) is -0.788. The number of alkyl halides is 3. The van der Waals surface area contributed by atoms with E-state index < -0.39 is 24.0 Å². The van der Waals surface area contributed by atoms with Crippen LogP contribution >= 0.6 is 0 Å². The number of benzene rings is 3. The molecule has 0 saturated heterocycles. The number of amides is 2. The quantitative estimate of drug-likeness (QED) is 0.253. The number of aryl methyl sites for hydroxylation is 1. The van der Waals surface area contributed by atoms with Crippen molar-refractivity contribution in [3.8, 4) is 11.1 Å². The summed E-state index contributed by atoms with van der Waals surface area (Å²) in [6.07, 6.45) is -3.51. The van der Waals surface area contributed by atoms with Crippen LogP contribution in [0.1, 0.15) is 46.8 Å². The van der Waals surface area contributed by atoms with Crippen molar-refractivity contribution in [1.82, 2.24) is 15.5 Å². The highest BCUT2D eigenvalue weighted by Crippen LogP contribution is 2.51. The number of rotatable bonds is 12. The van der Waals surface area contributed by atoms with E-state index in [1.807, 2.05) is 80.6 Å². The molecule has 0 bridgehead atoms. The van der Waals surface area contributed by atoms with Gasteiger partial charge in [-0.25, -0.2) is 0 Å². The molecule has 0 atom stereocenters. The van der Waals surface area contributed by atoms with Crippen molar-refractivity contribution in [2.75, 3.05) is 45.1 Å². The number of hydrogen-bond acceptors (Lipinski definition) is 4. The largest absolute Gasteiger partial charge is 0.405 e. The number of hydrogen-bond donors (Lipinski definition) is 3. The fourth-order valence-corrected chi connectivity index (χ4v) is 5.81. The van der Waals surface area contributed by atoms with Crippen LogP contribution in [0.5, 0.6) is 0 Å². The van der Waals surface area contributed by atoms with Crippen molar-refractivity contribution < 1.29 is 22.8 Å². The van der Waals surface area contributed by atoms with Crippen molar-refractivity contribution in [3.63, 3.8) is 0 Å². The van der Waals surface area contributed by atoms with Crippen molar-refractivity contribution >= 4 is 17.5 Å². The Morgan fingerprint density at radius 1 is 0.878 bits per heavy atom. The average Bonchev–Trinajstić information content (AvgIpc) is 3.25. The van der Waals surface area contributed by atoms with Gasteiger partial charge in [-0.3, -0.25) is 9.59 Å². The molecule has 1 aliphatic carbocycles. The first-order valence-electron chi connectivity index (χ1n) is 13.9. The van der Waals surface area contributed by atoms with Crippen LogP contribution in [-0.2, 0) is 10.2 Å². The molecular weight excluding hydrogens is 529 g/mol. The lowest BCUT2D eigenvalue weighted by Gasteiger charge is -2.33. The zero-order valence-corrected chi connectivity index (χ0v) is 23.7. The number of carbonyl (C=O) groups excluding carboxylic acids is 2. The van der Waals surface area contributed by atoms with Crippen LogP contribution in [0.15, 0.2) is 66.7 Å². The number of nitrogens with zero attached hydrogens (tertiary/aromatic N) is 1. The molecule has 0 radical (unpaired) electrons. The van der Waals surface area contributed by atoms with Gasteiger partial charge in [0.25, 0.3) is 5.91 Å². The first kappa shape index (κ1) is 30.1. The van der Waals surface area contributed by atoms with Crippen LogP contribution < -0.4 is 16.0 Å². The normalized spacial score (nSPS) is 13.4. The number of fused-ring (bicyclic) bond motifs is 3. The Kier molecular flexibility index (Phi) is 9.38. The van der Waals surface area contributed by atoms with E-state index in [0.29, 0.717) is 44.6 Å². The Morgan fingerprint density at radius 3 is 2.10 bits per heavy atom. The summed E-state index contributed by atoms with van der Waals surface area (Å²) >= 11 is 0. The van der Waals surface area contributed by atoms with E-state index in [9.17, 15) is 22.8 Å². The number of carbonyl (C=O) groups is 2. The second-order valence-electron chi connectivity index (χ2n) is 10.3. The highest BCUT2D eigenvalue weighted by molar-refractivity contribution is 6.01.